The summed E-state index contributed by atoms with van der Waals surface area (Å²) in [5, 5.41) is 0.820. The number of esters is 2. The van der Waals surface area contributed by atoms with E-state index in [4.69, 9.17) is 13.9 Å². The van der Waals surface area contributed by atoms with E-state index in [0.717, 1.165) is 5.39 Å². The summed E-state index contributed by atoms with van der Waals surface area (Å²) < 4.78 is 20.6. The van der Waals surface area contributed by atoms with E-state index in [1.165, 1.54) is 19.4 Å². The first-order chi connectivity index (χ1) is 12.1. The zero-order valence-corrected chi connectivity index (χ0v) is 13.8. The van der Waals surface area contributed by atoms with Crippen LogP contribution in [0.5, 0.6) is 11.5 Å². The number of methoxy groups -OCH3 is 2. The van der Waals surface area contributed by atoms with Gasteiger partial charge in [0.25, 0.3) is 0 Å². The SMILES string of the molecule is COC(=O)c1cccc(OC(=O)Cc2coc3cc(OC)ccc23)c1. The van der Waals surface area contributed by atoms with Crippen LogP contribution in [0.2, 0.25) is 0 Å². The topological polar surface area (TPSA) is 75.0 Å². The summed E-state index contributed by atoms with van der Waals surface area (Å²) >= 11 is 0. The van der Waals surface area contributed by atoms with Gasteiger partial charge in [0.2, 0.25) is 0 Å². The van der Waals surface area contributed by atoms with Gasteiger partial charge in [-0.25, -0.2) is 4.79 Å². The lowest BCUT2D eigenvalue weighted by molar-refractivity contribution is -0.133. The Bertz CT molecular complexity index is 925. The van der Waals surface area contributed by atoms with E-state index < -0.39 is 11.9 Å². The molecule has 0 amide bonds. The third-order valence-electron chi connectivity index (χ3n) is 3.68. The van der Waals surface area contributed by atoms with Crippen molar-refractivity contribution >= 4 is 22.9 Å². The van der Waals surface area contributed by atoms with Gasteiger partial charge in [-0.1, -0.05) is 6.07 Å². The van der Waals surface area contributed by atoms with E-state index in [1.54, 1.807) is 37.4 Å². The first-order valence-corrected chi connectivity index (χ1v) is 7.54. The molecule has 3 aromatic rings. The van der Waals surface area contributed by atoms with Gasteiger partial charge in [-0.15, -0.1) is 0 Å². The zero-order valence-electron chi connectivity index (χ0n) is 13.8. The molecule has 1 aromatic heterocycles. The number of hydrogen-bond donors (Lipinski definition) is 0. The number of furan rings is 1. The van der Waals surface area contributed by atoms with Crippen molar-refractivity contribution in [2.75, 3.05) is 14.2 Å². The van der Waals surface area contributed by atoms with E-state index in [-0.39, 0.29) is 12.2 Å². The smallest absolute Gasteiger partial charge is 0.337 e. The van der Waals surface area contributed by atoms with Crippen molar-refractivity contribution in [1.29, 1.82) is 0 Å². The first-order valence-electron chi connectivity index (χ1n) is 7.54. The lowest BCUT2D eigenvalue weighted by atomic mass is 10.1. The van der Waals surface area contributed by atoms with Crippen molar-refractivity contribution < 1.29 is 28.2 Å². The zero-order chi connectivity index (χ0) is 17.8. The summed E-state index contributed by atoms with van der Waals surface area (Å²) in [6.45, 7) is 0. The van der Waals surface area contributed by atoms with Gasteiger partial charge in [0.05, 0.1) is 32.5 Å². The summed E-state index contributed by atoms with van der Waals surface area (Å²) in [4.78, 5) is 23.7. The van der Waals surface area contributed by atoms with Crippen molar-refractivity contribution in [3.8, 4) is 11.5 Å². The van der Waals surface area contributed by atoms with Crippen LogP contribution >= 0.6 is 0 Å². The summed E-state index contributed by atoms with van der Waals surface area (Å²) in [6, 6.07) is 11.6. The Morgan fingerprint density at radius 2 is 1.88 bits per heavy atom. The highest BCUT2D eigenvalue weighted by atomic mass is 16.5. The maximum absolute atomic E-state index is 12.2. The fraction of sp³-hybridized carbons (Fsp3) is 0.158. The monoisotopic (exact) mass is 340 g/mol. The fourth-order valence-electron chi connectivity index (χ4n) is 2.45. The molecule has 0 radical (unpaired) electrons. The second-order valence-corrected chi connectivity index (χ2v) is 5.29. The molecule has 6 heteroatoms. The van der Waals surface area contributed by atoms with Crippen LogP contribution in [0, 0.1) is 0 Å². The first kappa shape index (κ1) is 16.6. The minimum atomic E-state index is -0.493. The van der Waals surface area contributed by atoms with E-state index in [0.29, 0.717) is 22.5 Å². The van der Waals surface area contributed by atoms with Gasteiger partial charge in [-0.05, 0) is 30.3 Å². The van der Waals surface area contributed by atoms with Gasteiger partial charge in [0, 0.05) is 17.0 Å². The van der Waals surface area contributed by atoms with Crippen LogP contribution in [0.4, 0.5) is 0 Å². The van der Waals surface area contributed by atoms with Gasteiger partial charge < -0.3 is 18.6 Å². The highest BCUT2D eigenvalue weighted by Crippen LogP contribution is 2.26. The number of fused-ring (bicyclic) bond motifs is 1. The molecule has 0 N–H and O–H groups in total. The molecule has 128 valence electrons. The summed E-state index contributed by atoms with van der Waals surface area (Å²) in [6.07, 6.45) is 1.57. The van der Waals surface area contributed by atoms with Gasteiger partial charge in [-0.2, -0.15) is 0 Å². The molecule has 0 fully saturated rings. The molecule has 25 heavy (non-hydrogen) atoms. The number of benzene rings is 2. The standard InChI is InChI=1S/C19H16O6/c1-22-14-6-7-16-13(11-24-17(16)10-14)9-18(20)25-15-5-3-4-12(8-15)19(21)23-2/h3-8,10-11H,9H2,1-2H3. The van der Waals surface area contributed by atoms with Gasteiger partial charge in [0.1, 0.15) is 17.1 Å². The predicted octanol–water partition coefficient (Wildman–Crippen LogP) is 3.38. The van der Waals surface area contributed by atoms with E-state index in [1.807, 2.05) is 6.07 Å². The summed E-state index contributed by atoms with van der Waals surface area (Å²) in [5.74, 6) is 0.00572. The van der Waals surface area contributed by atoms with Crippen molar-refractivity contribution in [2.45, 2.75) is 6.42 Å². The lowest BCUT2D eigenvalue weighted by Crippen LogP contribution is -2.11. The molecule has 0 unspecified atom stereocenters. The van der Waals surface area contributed by atoms with E-state index in [2.05, 4.69) is 4.74 Å². The van der Waals surface area contributed by atoms with Crippen molar-refractivity contribution in [3.63, 3.8) is 0 Å². The van der Waals surface area contributed by atoms with E-state index in [9.17, 15) is 9.59 Å². The molecule has 0 saturated heterocycles. The summed E-state index contributed by atoms with van der Waals surface area (Å²) in [5.41, 5.74) is 1.66. The quantitative estimate of drug-likeness (QED) is 0.523. The fourth-order valence-corrected chi connectivity index (χ4v) is 2.45. The average molecular weight is 340 g/mol. The van der Waals surface area contributed by atoms with Crippen LogP contribution in [0.15, 0.2) is 53.1 Å². The molecule has 0 spiro atoms. The third kappa shape index (κ3) is 3.63. The second-order valence-electron chi connectivity index (χ2n) is 5.29. The number of carbonyl (C=O) groups excluding carboxylic acids is 2. The predicted molar refractivity (Wildman–Crippen MR) is 89.9 cm³/mol. The number of rotatable bonds is 5. The Morgan fingerprint density at radius 3 is 2.64 bits per heavy atom. The Kier molecular flexibility index (Phi) is 4.70. The molecule has 0 bridgehead atoms. The van der Waals surface area contributed by atoms with Crippen LogP contribution in [0.1, 0.15) is 15.9 Å². The Hall–Kier alpha value is -3.28. The second kappa shape index (κ2) is 7.09. The van der Waals surface area contributed by atoms with Crippen molar-refractivity contribution in [1.82, 2.24) is 0 Å². The Balaban J connectivity index is 1.74. The molecular weight excluding hydrogens is 324 g/mol. The minimum Gasteiger partial charge on any atom is -0.497 e. The minimum absolute atomic E-state index is 0.0434. The Labute approximate surface area is 143 Å². The van der Waals surface area contributed by atoms with Crippen LogP contribution < -0.4 is 9.47 Å². The molecule has 0 aliphatic rings. The number of ether oxygens (including phenoxy) is 3. The van der Waals surface area contributed by atoms with Gasteiger partial charge in [-0.3, -0.25) is 4.79 Å². The molecule has 1 heterocycles. The Morgan fingerprint density at radius 1 is 1.04 bits per heavy atom. The van der Waals surface area contributed by atoms with Crippen molar-refractivity contribution in [2.24, 2.45) is 0 Å². The summed E-state index contributed by atoms with van der Waals surface area (Å²) in [7, 11) is 2.87. The van der Waals surface area contributed by atoms with Gasteiger partial charge in [0.15, 0.2) is 0 Å². The highest BCUT2D eigenvalue weighted by molar-refractivity contribution is 5.90. The largest absolute Gasteiger partial charge is 0.497 e. The van der Waals surface area contributed by atoms with Crippen LogP contribution in [0.3, 0.4) is 0 Å². The van der Waals surface area contributed by atoms with Gasteiger partial charge >= 0.3 is 11.9 Å². The van der Waals surface area contributed by atoms with Crippen LogP contribution in [-0.4, -0.2) is 26.2 Å². The van der Waals surface area contributed by atoms with Crippen molar-refractivity contribution in [3.05, 3.63) is 59.9 Å². The van der Waals surface area contributed by atoms with E-state index >= 15 is 0 Å². The van der Waals surface area contributed by atoms with Crippen LogP contribution in [-0.2, 0) is 16.0 Å². The molecular formula is C19H16O6. The lowest BCUT2D eigenvalue weighted by Gasteiger charge is -2.05. The molecule has 0 aliphatic heterocycles. The molecule has 3 rings (SSSR count). The van der Waals surface area contributed by atoms with Crippen LogP contribution in [0.25, 0.3) is 11.0 Å². The third-order valence-corrected chi connectivity index (χ3v) is 3.68. The molecule has 0 atom stereocenters. The number of carbonyl (C=O) groups is 2. The highest BCUT2D eigenvalue weighted by Gasteiger charge is 2.14. The molecule has 6 nitrogen and oxygen atoms in total. The molecule has 0 aliphatic carbocycles. The molecule has 2 aromatic carbocycles. The average Bonchev–Trinajstić information content (AvgIpc) is 3.03. The maximum Gasteiger partial charge on any atom is 0.337 e. The molecule has 0 saturated carbocycles. The maximum atomic E-state index is 12.2. The number of hydrogen-bond acceptors (Lipinski definition) is 6. The normalized spacial score (nSPS) is 10.5.